The number of anilines is 1. The molecule has 2 heterocycles. The molecule has 1 fully saturated rings. The van der Waals surface area contributed by atoms with Crippen LogP contribution in [-0.2, 0) is 11.3 Å². The maximum Gasteiger partial charge on any atom is 0.119 e. The molecule has 0 N–H and O–H groups in total. The fraction of sp³-hybridized carbons (Fsp3) is 0.360. The van der Waals surface area contributed by atoms with Gasteiger partial charge in [0.15, 0.2) is 0 Å². The molecule has 2 aromatic rings. The molecule has 1 saturated heterocycles. The van der Waals surface area contributed by atoms with Crippen LogP contribution in [0, 0.1) is 0 Å². The Balaban J connectivity index is 1.22. The molecule has 0 bridgehead atoms. The second-order valence-electron chi connectivity index (χ2n) is 7.72. The second-order valence-corrected chi connectivity index (χ2v) is 7.72. The van der Waals surface area contributed by atoms with E-state index in [0.29, 0.717) is 12.6 Å². The molecule has 0 radical (unpaired) electrons. The number of hydrogen-bond acceptors (Lipinski definition) is 4. The van der Waals surface area contributed by atoms with E-state index >= 15 is 0 Å². The lowest BCUT2D eigenvalue weighted by atomic mass is 10.2. The molecule has 4 rings (SSSR count). The molecule has 4 heteroatoms. The van der Waals surface area contributed by atoms with Gasteiger partial charge in [0.25, 0.3) is 0 Å². The van der Waals surface area contributed by atoms with Gasteiger partial charge in [-0.25, -0.2) is 0 Å². The van der Waals surface area contributed by atoms with Gasteiger partial charge in [0.1, 0.15) is 24.7 Å². The van der Waals surface area contributed by atoms with Crippen molar-refractivity contribution in [3.8, 4) is 5.75 Å². The Hall–Kier alpha value is -2.72. The number of nitrogens with zero attached hydrogens (tertiary/aromatic N) is 2. The Morgan fingerprint density at radius 1 is 1.00 bits per heavy atom. The summed E-state index contributed by atoms with van der Waals surface area (Å²) in [4.78, 5) is 4.71. The molecule has 2 aromatic carbocycles. The number of ether oxygens (including phenoxy) is 2. The van der Waals surface area contributed by atoms with Crippen LogP contribution < -0.4 is 9.64 Å². The lowest BCUT2D eigenvalue weighted by molar-refractivity contribution is 0.204. The first kappa shape index (κ1) is 19.6. The van der Waals surface area contributed by atoms with Crippen molar-refractivity contribution in [3.05, 3.63) is 84.3 Å². The zero-order chi connectivity index (χ0) is 19.9. The minimum absolute atomic E-state index is 0.596. The van der Waals surface area contributed by atoms with Gasteiger partial charge in [-0.15, -0.1) is 0 Å². The molecule has 4 nitrogen and oxygen atoms in total. The minimum atomic E-state index is 0.596. The van der Waals surface area contributed by atoms with Gasteiger partial charge in [0.2, 0.25) is 0 Å². The maximum atomic E-state index is 5.94. The van der Waals surface area contributed by atoms with E-state index in [2.05, 4.69) is 65.4 Å². The van der Waals surface area contributed by atoms with Gasteiger partial charge >= 0.3 is 0 Å². The molecule has 0 aromatic heterocycles. The summed E-state index contributed by atoms with van der Waals surface area (Å²) < 4.78 is 11.8. The number of benzene rings is 2. The van der Waals surface area contributed by atoms with Crippen LogP contribution in [0.5, 0.6) is 5.75 Å². The van der Waals surface area contributed by atoms with Crippen LogP contribution in [0.2, 0.25) is 0 Å². The summed E-state index contributed by atoms with van der Waals surface area (Å²) in [5, 5.41) is 0. The van der Waals surface area contributed by atoms with Crippen LogP contribution in [0.15, 0.2) is 78.7 Å². The highest BCUT2D eigenvalue weighted by atomic mass is 16.5. The van der Waals surface area contributed by atoms with Crippen molar-refractivity contribution < 1.29 is 9.47 Å². The summed E-state index contributed by atoms with van der Waals surface area (Å²) in [5.74, 6) is 1.85. The summed E-state index contributed by atoms with van der Waals surface area (Å²) in [6.07, 6.45) is 8.84. The standard InChI is InChI=1S/C25H30N2O2/c1-21-6-5-15-26(21)18-19-28-24-11-9-23(10-12-24)27-16-13-25(14-17-27)29-20-22-7-3-2-4-8-22/h2-4,7-14,16,21H,5-6,15,17-20H2,1H3/t21-/m1/s1. The molecule has 0 spiro atoms. The fourth-order valence-electron chi connectivity index (χ4n) is 3.86. The largest absolute Gasteiger partial charge is 0.492 e. The normalized spacial score (nSPS) is 19.3. The third-order valence-corrected chi connectivity index (χ3v) is 5.66. The third-order valence-electron chi connectivity index (χ3n) is 5.66. The summed E-state index contributed by atoms with van der Waals surface area (Å²) in [7, 11) is 0. The highest BCUT2D eigenvalue weighted by Gasteiger charge is 2.19. The van der Waals surface area contributed by atoms with E-state index in [1.807, 2.05) is 24.3 Å². The van der Waals surface area contributed by atoms with Crippen LogP contribution in [0.3, 0.4) is 0 Å². The molecule has 0 amide bonds. The van der Waals surface area contributed by atoms with Crippen LogP contribution in [0.1, 0.15) is 25.3 Å². The topological polar surface area (TPSA) is 24.9 Å². The average Bonchev–Trinajstić information content (AvgIpc) is 3.19. The Morgan fingerprint density at radius 2 is 1.83 bits per heavy atom. The van der Waals surface area contributed by atoms with Crippen molar-refractivity contribution in [1.82, 2.24) is 4.90 Å². The summed E-state index contributed by atoms with van der Waals surface area (Å²) in [5.41, 5.74) is 2.33. The molecular weight excluding hydrogens is 360 g/mol. The molecule has 0 saturated carbocycles. The molecule has 2 aliphatic rings. The first-order chi connectivity index (χ1) is 14.3. The van der Waals surface area contributed by atoms with Crippen LogP contribution in [-0.4, -0.2) is 37.2 Å². The van der Waals surface area contributed by atoms with E-state index in [1.54, 1.807) is 0 Å². The van der Waals surface area contributed by atoms with E-state index in [0.717, 1.165) is 36.9 Å². The molecule has 0 aliphatic carbocycles. The quantitative estimate of drug-likeness (QED) is 0.634. The van der Waals surface area contributed by atoms with Gasteiger partial charge in [-0.1, -0.05) is 30.3 Å². The predicted molar refractivity (Wildman–Crippen MR) is 118 cm³/mol. The number of rotatable bonds is 8. The number of allylic oxidation sites excluding steroid dienone is 1. The molecule has 1 atom stereocenters. The van der Waals surface area contributed by atoms with E-state index in [9.17, 15) is 0 Å². The van der Waals surface area contributed by atoms with E-state index in [-0.39, 0.29) is 0 Å². The lowest BCUT2D eigenvalue weighted by Crippen LogP contribution is -2.31. The van der Waals surface area contributed by atoms with E-state index in [4.69, 9.17) is 9.47 Å². The van der Waals surface area contributed by atoms with Gasteiger partial charge in [-0.3, -0.25) is 4.90 Å². The Morgan fingerprint density at radius 3 is 2.52 bits per heavy atom. The van der Waals surface area contributed by atoms with Gasteiger partial charge in [-0.2, -0.15) is 0 Å². The summed E-state index contributed by atoms with van der Waals surface area (Å²) >= 11 is 0. The smallest absolute Gasteiger partial charge is 0.119 e. The van der Waals surface area contributed by atoms with Crippen LogP contribution in [0.4, 0.5) is 5.69 Å². The highest BCUT2D eigenvalue weighted by Crippen LogP contribution is 2.23. The number of likely N-dealkylation sites (tertiary alicyclic amines) is 1. The molecular formula is C25H30N2O2. The number of hydrogen-bond donors (Lipinski definition) is 0. The second kappa shape index (κ2) is 9.66. The SMILES string of the molecule is C[C@@H]1CCCN1CCOc1ccc(N2C=CC(OCc3ccccc3)=CC2)cc1. The van der Waals surface area contributed by atoms with Crippen LogP contribution in [0.25, 0.3) is 0 Å². The van der Waals surface area contributed by atoms with Gasteiger partial charge in [-0.05, 0) is 68.3 Å². The highest BCUT2D eigenvalue weighted by molar-refractivity contribution is 5.53. The minimum Gasteiger partial charge on any atom is -0.492 e. The summed E-state index contributed by atoms with van der Waals surface area (Å²) in [6.45, 7) is 6.66. The zero-order valence-electron chi connectivity index (χ0n) is 17.2. The van der Waals surface area contributed by atoms with Crippen molar-refractivity contribution in [2.75, 3.05) is 31.1 Å². The van der Waals surface area contributed by atoms with Crippen molar-refractivity contribution in [2.24, 2.45) is 0 Å². The van der Waals surface area contributed by atoms with E-state index < -0.39 is 0 Å². The molecule has 2 aliphatic heterocycles. The average molecular weight is 391 g/mol. The van der Waals surface area contributed by atoms with Crippen molar-refractivity contribution in [3.63, 3.8) is 0 Å². The first-order valence-corrected chi connectivity index (χ1v) is 10.6. The van der Waals surface area contributed by atoms with E-state index in [1.165, 1.54) is 24.9 Å². The molecule has 152 valence electrons. The zero-order valence-corrected chi connectivity index (χ0v) is 17.2. The first-order valence-electron chi connectivity index (χ1n) is 10.6. The van der Waals surface area contributed by atoms with Gasteiger partial charge < -0.3 is 14.4 Å². The molecule has 0 unspecified atom stereocenters. The van der Waals surface area contributed by atoms with Crippen molar-refractivity contribution >= 4 is 5.69 Å². The fourth-order valence-corrected chi connectivity index (χ4v) is 3.86. The van der Waals surface area contributed by atoms with Gasteiger partial charge in [0, 0.05) is 31.0 Å². The Labute approximate surface area is 174 Å². The van der Waals surface area contributed by atoms with Crippen LogP contribution >= 0.6 is 0 Å². The monoisotopic (exact) mass is 390 g/mol. The predicted octanol–water partition coefficient (Wildman–Crippen LogP) is 4.98. The summed E-state index contributed by atoms with van der Waals surface area (Å²) in [6, 6.07) is 19.3. The lowest BCUT2D eigenvalue weighted by Gasteiger charge is -2.23. The van der Waals surface area contributed by atoms with Gasteiger partial charge in [0.05, 0.1) is 0 Å². The van der Waals surface area contributed by atoms with Crippen molar-refractivity contribution in [1.29, 1.82) is 0 Å². The van der Waals surface area contributed by atoms with Crippen molar-refractivity contribution in [2.45, 2.75) is 32.4 Å². The maximum absolute atomic E-state index is 5.94. The third kappa shape index (κ3) is 5.42. The Kier molecular flexibility index (Phi) is 6.52. The Bertz CT molecular complexity index is 830. The molecule has 29 heavy (non-hydrogen) atoms.